The standard InChI is InChI=1S/C17H25N6O9PS/c1-9-7-23(17(27)19-15(9)25)13-6-11(20-22-18)12(32-13)8-31-33(28,34)21-10(16(26)30-3)4-5-14(24)29-2/h7,10-13H,4-6,8H2,1-3H3,(H,19,25,27)(H2,21,28,34)/t10-,11-,12+,13+,33?/m0/s1. The Balaban J connectivity index is 2.10. The largest absolute Gasteiger partial charge is 0.469 e. The Morgan fingerprint density at radius 2 is 2.18 bits per heavy atom. The van der Waals surface area contributed by atoms with Crippen molar-refractivity contribution in [1.82, 2.24) is 14.6 Å². The topological polar surface area (TPSA) is 207 Å². The molecule has 0 spiro atoms. The third kappa shape index (κ3) is 7.46. The third-order valence-electron chi connectivity index (χ3n) is 4.94. The molecule has 188 valence electrons. The quantitative estimate of drug-likeness (QED) is 0.117. The van der Waals surface area contributed by atoms with E-state index in [2.05, 4.69) is 29.6 Å². The van der Waals surface area contributed by atoms with Crippen molar-refractivity contribution in [2.45, 2.75) is 50.6 Å². The lowest BCUT2D eigenvalue weighted by Gasteiger charge is -2.24. The number of rotatable bonds is 11. The van der Waals surface area contributed by atoms with Crippen LogP contribution in [0.25, 0.3) is 10.4 Å². The molecule has 2 heterocycles. The molecule has 5 atom stereocenters. The van der Waals surface area contributed by atoms with E-state index < -0.39 is 54.2 Å². The number of azide groups is 1. The van der Waals surface area contributed by atoms with Crippen LogP contribution < -0.4 is 16.3 Å². The Morgan fingerprint density at radius 1 is 1.47 bits per heavy atom. The summed E-state index contributed by atoms with van der Waals surface area (Å²) in [5, 5.41) is 6.13. The van der Waals surface area contributed by atoms with Gasteiger partial charge < -0.3 is 23.6 Å². The molecule has 1 unspecified atom stereocenters. The van der Waals surface area contributed by atoms with Gasteiger partial charge in [0.1, 0.15) is 12.3 Å². The summed E-state index contributed by atoms with van der Waals surface area (Å²) < 4.78 is 21.5. The molecule has 34 heavy (non-hydrogen) atoms. The highest BCUT2D eigenvalue weighted by atomic mass is 32.5. The van der Waals surface area contributed by atoms with E-state index in [1.54, 1.807) is 0 Å². The van der Waals surface area contributed by atoms with E-state index in [9.17, 15) is 24.1 Å². The van der Waals surface area contributed by atoms with Crippen LogP contribution in [-0.4, -0.2) is 65.4 Å². The van der Waals surface area contributed by atoms with Crippen LogP contribution in [0.1, 0.15) is 31.1 Å². The van der Waals surface area contributed by atoms with E-state index in [4.69, 9.17) is 26.6 Å². The van der Waals surface area contributed by atoms with Gasteiger partial charge in [-0.1, -0.05) is 5.11 Å². The predicted molar refractivity (Wildman–Crippen MR) is 120 cm³/mol. The molecule has 17 heteroatoms. The summed E-state index contributed by atoms with van der Waals surface area (Å²) in [5.41, 5.74) is 7.91. The van der Waals surface area contributed by atoms with Gasteiger partial charge in [0.05, 0.1) is 33.0 Å². The van der Waals surface area contributed by atoms with Crippen LogP contribution >= 0.6 is 6.64 Å². The lowest BCUT2D eigenvalue weighted by Crippen LogP contribution is -2.37. The zero-order chi connectivity index (χ0) is 25.5. The number of nitrogens with zero attached hydrogens (tertiary/aromatic N) is 4. The van der Waals surface area contributed by atoms with Crippen LogP contribution in [0.2, 0.25) is 0 Å². The molecule has 15 nitrogen and oxygen atoms in total. The van der Waals surface area contributed by atoms with E-state index in [1.807, 2.05) is 0 Å². The van der Waals surface area contributed by atoms with Crippen LogP contribution in [0.4, 0.5) is 0 Å². The molecule has 0 aromatic carbocycles. The van der Waals surface area contributed by atoms with Gasteiger partial charge >= 0.3 is 17.6 Å². The van der Waals surface area contributed by atoms with Crippen LogP contribution in [0.3, 0.4) is 0 Å². The number of hydrogen-bond acceptors (Lipinski definition) is 10. The summed E-state index contributed by atoms with van der Waals surface area (Å²) in [4.78, 5) is 62.6. The molecule has 0 bridgehead atoms. The van der Waals surface area contributed by atoms with Gasteiger partial charge in [-0.3, -0.25) is 23.9 Å². The average molecular weight is 520 g/mol. The van der Waals surface area contributed by atoms with Crippen molar-refractivity contribution in [3.63, 3.8) is 0 Å². The Bertz CT molecular complexity index is 1120. The number of nitrogens with one attached hydrogen (secondary N) is 2. The predicted octanol–water partition coefficient (Wildman–Crippen LogP) is 0.129. The number of carbonyl (C=O) groups excluding carboxylic acids is 2. The van der Waals surface area contributed by atoms with Gasteiger partial charge in [-0.25, -0.2) is 9.88 Å². The Hall–Kier alpha value is -2.58. The Labute approximate surface area is 198 Å². The highest BCUT2D eigenvalue weighted by molar-refractivity contribution is 8.08. The maximum absolute atomic E-state index is 12.2. The molecule has 1 aromatic heterocycles. The van der Waals surface area contributed by atoms with Gasteiger partial charge in [-0.2, -0.15) is 0 Å². The maximum atomic E-state index is 12.2. The number of esters is 2. The third-order valence-corrected chi connectivity index (χ3v) is 6.71. The number of aromatic amines is 1. The Kier molecular flexibility index (Phi) is 9.94. The maximum Gasteiger partial charge on any atom is 0.330 e. The highest BCUT2D eigenvalue weighted by Crippen LogP contribution is 2.41. The molecule has 1 fully saturated rings. The molecule has 2 rings (SSSR count). The number of ether oxygens (including phenoxy) is 3. The first-order chi connectivity index (χ1) is 16.0. The summed E-state index contributed by atoms with van der Waals surface area (Å²) in [6.07, 6.45) is -0.572. The zero-order valence-electron chi connectivity index (χ0n) is 18.6. The van der Waals surface area contributed by atoms with Crippen LogP contribution in [0, 0.1) is 6.92 Å². The summed E-state index contributed by atoms with van der Waals surface area (Å²) in [6, 6.07) is -1.92. The molecule has 0 radical (unpaired) electrons. The van der Waals surface area contributed by atoms with Crippen molar-refractivity contribution in [3.8, 4) is 0 Å². The first-order valence-electron chi connectivity index (χ1n) is 9.92. The molecule has 1 aromatic rings. The summed E-state index contributed by atoms with van der Waals surface area (Å²) in [6.45, 7) is -2.63. The van der Waals surface area contributed by atoms with Crippen LogP contribution in [-0.2, 0) is 40.1 Å². The number of H-pyrrole nitrogens is 1. The molecular weight excluding hydrogens is 495 g/mol. The first-order valence-corrected chi connectivity index (χ1v) is 12.6. The van der Waals surface area contributed by atoms with Gasteiger partial charge in [0, 0.05) is 29.5 Å². The fourth-order valence-corrected chi connectivity index (χ4v) is 4.79. The second-order valence-electron chi connectivity index (χ2n) is 7.25. The molecule has 0 amide bonds. The van der Waals surface area contributed by atoms with Crippen molar-refractivity contribution >= 4 is 30.4 Å². The van der Waals surface area contributed by atoms with Crippen molar-refractivity contribution in [2.24, 2.45) is 5.11 Å². The lowest BCUT2D eigenvalue weighted by atomic mass is 10.1. The molecule has 0 saturated carbocycles. The second kappa shape index (κ2) is 12.2. The first kappa shape index (κ1) is 27.7. The normalized spacial score (nSPS) is 22.3. The number of aryl methyl sites for hydroxylation is 1. The van der Waals surface area contributed by atoms with Crippen molar-refractivity contribution in [1.29, 1.82) is 0 Å². The minimum Gasteiger partial charge on any atom is -0.469 e. The molecule has 1 saturated heterocycles. The number of carbonyl (C=O) groups is 2. The van der Waals surface area contributed by atoms with Gasteiger partial charge in [0.25, 0.3) is 12.2 Å². The monoisotopic (exact) mass is 520 g/mol. The van der Waals surface area contributed by atoms with Crippen LogP contribution in [0.5, 0.6) is 0 Å². The molecule has 1 aliphatic rings. The fourth-order valence-electron chi connectivity index (χ4n) is 3.17. The molecule has 0 aliphatic carbocycles. The summed E-state index contributed by atoms with van der Waals surface area (Å²) >= 11 is 5.06. The molecule has 3 N–H and O–H groups in total. The average Bonchev–Trinajstić information content (AvgIpc) is 3.19. The minimum absolute atomic E-state index is 0.0700. The van der Waals surface area contributed by atoms with E-state index in [0.717, 1.165) is 11.7 Å². The molecular formula is C17H25N6O9PS. The van der Waals surface area contributed by atoms with Gasteiger partial charge in [0.15, 0.2) is 0 Å². The number of aromatic nitrogens is 2. The SMILES string of the molecule is COC(=O)CC[C@H](NP(O)(=S)OC[C@H]1O[C@@H](n2cc(C)c(=O)[nH]c2=O)C[C@@H]1N=[N+]=[N-])C(=O)OC. The minimum atomic E-state index is -3.80. The number of methoxy groups -OCH3 is 2. The van der Waals surface area contributed by atoms with Crippen molar-refractivity contribution < 1.29 is 33.2 Å². The Morgan fingerprint density at radius 3 is 2.79 bits per heavy atom. The van der Waals surface area contributed by atoms with E-state index >= 15 is 0 Å². The lowest BCUT2D eigenvalue weighted by molar-refractivity contribution is -0.144. The zero-order valence-corrected chi connectivity index (χ0v) is 20.3. The molecule has 1 aliphatic heterocycles. The van der Waals surface area contributed by atoms with Gasteiger partial charge in [0.2, 0.25) is 0 Å². The van der Waals surface area contributed by atoms with E-state index in [-0.39, 0.29) is 31.4 Å². The van der Waals surface area contributed by atoms with Gasteiger partial charge in [-0.15, -0.1) is 0 Å². The number of hydrogen-bond donors (Lipinski definition) is 3. The smallest absolute Gasteiger partial charge is 0.330 e. The van der Waals surface area contributed by atoms with Crippen molar-refractivity contribution in [2.75, 3.05) is 20.8 Å². The van der Waals surface area contributed by atoms with Crippen molar-refractivity contribution in [3.05, 3.63) is 43.0 Å². The highest BCUT2D eigenvalue weighted by Gasteiger charge is 2.38. The second-order valence-corrected chi connectivity index (χ2v) is 10.3. The van der Waals surface area contributed by atoms with E-state index in [1.165, 1.54) is 20.2 Å². The summed E-state index contributed by atoms with van der Waals surface area (Å²) in [7, 11) is 2.33. The summed E-state index contributed by atoms with van der Waals surface area (Å²) in [5.74, 6) is -1.34. The van der Waals surface area contributed by atoms with Crippen LogP contribution in [0.15, 0.2) is 20.9 Å². The fraction of sp³-hybridized carbons (Fsp3) is 0.647. The van der Waals surface area contributed by atoms with Gasteiger partial charge in [-0.05, 0) is 30.7 Å². The van der Waals surface area contributed by atoms with E-state index in [0.29, 0.717) is 0 Å².